The number of aromatic nitrogens is 2. The number of carbonyl (C=O) groups is 1. The van der Waals surface area contributed by atoms with Crippen LogP contribution in [0.2, 0.25) is 0 Å². The molecule has 2 aromatic rings. The Bertz CT molecular complexity index is 1330. The van der Waals surface area contributed by atoms with E-state index >= 15 is 0 Å². The molecule has 6 bridgehead atoms. The van der Waals surface area contributed by atoms with E-state index in [1.807, 2.05) is 37.5 Å². The third-order valence-corrected chi connectivity index (χ3v) is 8.89. The van der Waals surface area contributed by atoms with Crippen LogP contribution in [0.25, 0.3) is 5.57 Å². The van der Waals surface area contributed by atoms with Gasteiger partial charge < -0.3 is 20.6 Å². The average molecular weight is 557 g/mol. The average Bonchev–Trinajstić information content (AvgIpc) is 3.72. The molecule has 10 heteroatoms. The minimum absolute atomic E-state index is 0.0632. The number of hydrogen-bond acceptors (Lipinski definition) is 9. The minimum Gasteiger partial charge on any atom is -0.391 e. The van der Waals surface area contributed by atoms with Crippen molar-refractivity contribution < 1.29 is 9.90 Å². The number of aliphatic hydroxyl groups excluding tert-OH is 1. The summed E-state index contributed by atoms with van der Waals surface area (Å²) in [5.74, 6) is 1.38. The Morgan fingerprint density at radius 1 is 1.17 bits per heavy atom. The van der Waals surface area contributed by atoms with Crippen LogP contribution in [0.15, 0.2) is 59.6 Å². The van der Waals surface area contributed by atoms with Crippen LogP contribution < -0.4 is 15.5 Å². The third-order valence-electron chi connectivity index (χ3n) is 8.89. The van der Waals surface area contributed by atoms with Crippen LogP contribution in [-0.2, 0) is 11.3 Å². The lowest BCUT2D eigenvalue weighted by atomic mass is 10.1. The van der Waals surface area contributed by atoms with Gasteiger partial charge in [-0.1, -0.05) is 18.2 Å². The summed E-state index contributed by atoms with van der Waals surface area (Å²) in [4.78, 5) is 33.9. The van der Waals surface area contributed by atoms with Crippen molar-refractivity contribution in [1.29, 1.82) is 0 Å². The van der Waals surface area contributed by atoms with Crippen LogP contribution >= 0.6 is 0 Å². The van der Waals surface area contributed by atoms with Gasteiger partial charge in [0.1, 0.15) is 11.4 Å². The SMILES string of the molecule is C=NC1=C/C(=C\C)c2cnc(nc2)N2CC(O)CC2CCNC(=O)C2(CC2)N2CCN(CC2)Cc2cccc(c2)N1. The Labute approximate surface area is 241 Å². The maximum atomic E-state index is 13.4. The Balaban J connectivity index is 1.28. The zero-order valence-corrected chi connectivity index (χ0v) is 23.8. The lowest BCUT2D eigenvalue weighted by Crippen LogP contribution is -2.56. The maximum absolute atomic E-state index is 13.4. The molecule has 7 aliphatic rings. The quantitative estimate of drug-likeness (QED) is 0.460. The monoisotopic (exact) mass is 556 g/mol. The molecule has 2 unspecified atom stereocenters. The number of benzene rings is 1. The van der Waals surface area contributed by atoms with Gasteiger partial charge in [0.2, 0.25) is 11.9 Å². The van der Waals surface area contributed by atoms with Crippen molar-refractivity contribution in [1.82, 2.24) is 25.1 Å². The molecule has 1 aromatic heterocycles. The van der Waals surface area contributed by atoms with E-state index in [0.717, 1.165) is 68.8 Å². The predicted molar refractivity (Wildman–Crippen MR) is 162 cm³/mol. The van der Waals surface area contributed by atoms with Gasteiger partial charge in [0.05, 0.1) is 6.10 Å². The Morgan fingerprint density at radius 3 is 2.66 bits per heavy atom. The number of aliphatic imine (C=N–C) groups is 1. The number of nitrogens with zero attached hydrogens (tertiary/aromatic N) is 6. The lowest BCUT2D eigenvalue weighted by molar-refractivity contribution is -0.129. The number of aliphatic hydroxyl groups is 1. The minimum atomic E-state index is -0.441. The molecule has 9 rings (SSSR count). The first-order chi connectivity index (χ1) is 20.0. The van der Waals surface area contributed by atoms with Crippen molar-refractivity contribution in [2.75, 3.05) is 49.5 Å². The zero-order chi connectivity index (χ0) is 28.4. The molecule has 2 saturated heterocycles. The molecule has 41 heavy (non-hydrogen) atoms. The van der Waals surface area contributed by atoms with Gasteiger partial charge in [0.15, 0.2) is 0 Å². The standard InChI is InChI=1S/C31H40N8O2/c1-3-23-16-28(32-2)36-25-6-4-5-22(15-25)20-37-11-13-38(14-12-37)31(8-9-31)29(41)33-10-7-26-17-27(40)21-39(26)30-34-18-24(23)19-35-30/h3-6,15-16,18-19,26-27,36,40H,2,7-14,17,20-21H2,1H3,(H,33,41)/b23-3+,28-16?. The first-order valence-electron chi connectivity index (χ1n) is 14.7. The zero-order valence-electron chi connectivity index (χ0n) is 23.8. The molecule has 1 amide bonds. The van der Waals surface area contributed by atoms with Crippen molar-refractivity contribution >= 4 is 29.8 Å². The van der Waals surface area contributed by atoms with Gasteiger partial charge in [-0.2, -0.15) is 0 Å². The molecule has 1 aliphatic carbocycles. The first-order valence-corrected chi connectivity index (χ1v) is 14.7. The molecule has 3 fully saturated rings. The molecule has 216 valence electrons. The molecule has 1 aromatic carbocycles. The molecular weight excluding hydrogens is 516 g/mol. The number of rotatable bonds is 1. The normalized spacial score (nSPS) is 29.0. The molecule has 2 atom stereocenters. The lowest BCUT2D eigenvalue weighted by Gasteiger charge is -2.39. The number of piperazine rings is 1. The summed E-state index contributed by atoms with van der Waals surface area (Å²) in [5.41, 5.74) is 3.61. The summed E-state index contributed by atoms with van der Waals surface area (Å²) in [5, 5.41) is 17.1. The highest BCUT2D eigenvalue weighted by Crippen LogP contribution is 2.42. The molecule has 0 radical (unpaired) electrons. The molecule has 1 saturated carbocycles. The fourth-order valence-corrected chi connectivity index (χ4v) is 6.44. The van der Waals surface area contributed by atoms with E-state index in [9.17, 15) is 9.90 Å². The van der Waals surface area contributed by atoms with E-state index in [1.54, 1.807) is 0 Å². The van der Waals surface area contributed by atoms with Crippen LogP contribution in [0.4, 0.5) is 11.6 Å². The smallest absolute Gasteiger partial charge is 0.240 e. The Kier molecular flexibility index (Phi) is 7.88. The van der Waals surface area contributed by atoms with Crippen molar-refractivity contribution in [2.24, 2.45) is 4.99 Å². The van der Waals surface area contributed by atoms with Crippen molar-refractivity contribution in [3.05, 3.63) is 65.8 Å². The second-order valence-corrected chi connectivity index (χ2v) is 11.6. The molecule has 3 N–H and O–H groups in total. The topological polar surface area (TPSA) is 109 Å². The Morgan fingerprint density at radius 2 is 1.95 bits per heavy atom. The second kappa shape index (κ2) is 11.7. The highest BCUT2D eigenvalue weighted by atomic mass is 16.3. The van der Waals surface area contributed by atoms with E-state index in [1.165, 1.54) is 5.56 Å². The summed E-state index contributed by atoms with van der Waals surface area (Å²) in [6.45, 7) is 11.3. The number of carbonyl (C=O) groups excluding carboxylic acids is 1. The molecule has 1 spiro atoms. The second-order valence-electron chi connectivity index (χ2n) is 11.6. The number of anilines is 2. The highest BCUT2D eigenvalue weighted by molar-refractivity contribution is 5.89. The predicted octanol–water partition coefficient (Wildman–Crippen LogP) is 2.64. The fraction of sp³-hybridized carbons (Fsp3) is 0.484. The highest BCUT2D eigenvalue weighted by Gasteiger charge is 2.54. The first kappa shape index (κ1) is 27.6. The summed E-state index contributed by atoms with van der Waals surface area (Å²) < 4.78 is 0. The van der Waals surface area contributed by atoms with E-state index in [2.05, 4.69) is 65.2 Å². The summed E-state index contributed by atoms with van der Waals surface area (Å²) in [6, 6.07) is 8.47. The largest absolute Gasteiger partial charge is 0.391 e. The number of hydrogen-bond donors (Lipinski definition) is 3. The van der Waals surface area contributed by atoms with E-state index < -0.39 is 6.10 Å². The van der Waals surface area contributed by atoms with E-state index in [-0.39, 0.29) is 17.5 Å². The van der Waals surface area contributed by atoms with Gasteiger partial charge >= 0.3 is 0 Å². The van der Waals surface area contributed by atoms with Gasteiger partial charge in [0.25, 0.3) is 0 Å². The molecule has 7 heterocycles. The maximum Gasteiger partial charge on any atom is 0.240 e. The van der Waals surface area contributed by atoms with Crippen LogP contribution in [0, 0.1) is 0 Å². The van der Waals surface area contributed by atoms with E-state index in [4.69, 9.17) is 0 Å². The van der Waals surface area contributed by atoms with Gasteiger partial charge in [-0.25, -0.2) is 15.0 Å². The molecule has 6 aliphatic heterocycles. The molecular formula is C31H40N8O2. The van der Waals surface area contributed by atoms with Crippen LogP contribution in [0.1, 0.15) is 43.7 Å². The number of nitrogens with one attached hydrogen (secondary N) is 2. The van der Waals surface area contributed by atoms with Crippen molar-refractivity contribution in [3.8, 4) is 0 Å². The summed E-state index contributed by atoms with van der Waals surface area (Å²) in [7, 11) is 0. The third kappa shape index (κ3) is 5.91. The van der Waals surface area contributed by atoms with Gasteiger partial charge in [0, 0.05) is 75.5 Å². The summed E-state index contributed by atoms with van der Waals surface area (Å²) in [6.07, 6.45) is 10.3. The van der Waals surface area contributed by atoms with Crippen LogP contribution in [0.5, 0.6) is 0 Å². The van der Waals surface area contributed by atoms with Crippen LogP contribution in [0.3, 0.4) is 0 Å². The van der Waals surface area contributed by atoms with Crippen molar-refractivity contribution in [2.45, 2.75) is 56.8 Å². The Hall–Kier alpha value is -3.60. The fourth-order valence-electron chi connectivity index (χ4n) is 6.44. The van der Waals surface area contributed by atoms with Crippen molar-refractivity contribution in [3.63, 3.8) is 0 Å². The van der Waals surface area contributed by atoms with E-state index in [0.29, 0.717) is 31.3 Å². The van der Waals surface area contributed by atoms with Gasteiger partial charge in [-0.3, -0.25) is 14.6 Å². The summed E-state index contributed by atoms with van der Waals surface area (Å²) >= 11 is 0. The number of amides is 1. The van der Waals surface area contributed by atoms with Gasteiger partial charge in [-0.15, -0.1) is 0 Å². The van der Waals surface area contributed by atoms with Gasteiger partial charge in [-0.05, 0) is 68.7 Å². The number of allylic oxidation sites excluding steroid dienone is 3. The van der Waals surface area contributed by atoms with Crippen LogP contribution in [-0.4, -0.2) is 94.5 Å². The molecule has 10 nitrogen and oxygen atoms in total.